The van der Waals surface area contributed by atoms with Crippen molar-refractivity contribution >= 4 is 49.1 Å². The quantitative estimate of drug-likeness (QED) is 0.583. The number of aromatic nitrogens is 1. The number of benzene rings is 2. The van der Waals surface area contributed by atoms with E-state index < -0.39 is 16.0 Å². The van der Waals surface area contributed by atoms with Crippen molar-refractivity contribution in [3.05, 3.63) is 57.9 Å². The summed E-state index contributed by atoms with van der Waals surface area (Å²) in [5.74, 6) is -0.414. The highest BCUT2D eigenvalue weighted by atomic mass is 35.5. The first-order valence-corrected chi connectivity index (χ1v) is 10.9. The summed E-state index contributed by atoms with van der Waals surface area (Å²) in [4.78, 5) is 12.3. The van der Waals surface area contributed by atoms with Gasteiger partial charge in [0.2, 0.25) is 4.80 Å². The van der Waals surface area contributed by atoms with Crippen LogP contribution in [0.25, 0.3) is 10.2 Å². The summed E-state index contributed by atoms with van der Waals surface area (Å²) in [5, 5.41) is 0.450. The molecule has 0 aliphatic rings. The Labute approximate surface area is 165 Å². The zero-order valence-corrected chi connectivity index (χ0v) is 17.1. The van der Waals surface area contributed by atoms with Crippen LogP contribution in [0.15, 0.2) is 51.8 Å². The van der Waals surface area contributed by atoms with E-state index in [1.807, 2.05) is 6.92 Å². The molecule has 1 aromatic heterocycles. The van der Waals surface area contributed by atoms with Crippen molar-refractivity contribution in [1.82, 2.24) is 4.57 Å². The minimum Gasteiger partial charge on any atom is -0.462 e. The molecule has 3 rings (SSSR count). The maximum absolute atomic E-state index is 12.6. The van der Waals surface area contributed by atoms with Crippen LogP contribution in [0.4, 0.5) is 0 Å². The summed E-state index contributed by atoms with van der Waals surface area (Å²) in [7, 11) is -3.88. The minimum absolute atomic E-state index is 0.0687. The average molecular weight is 425 g/mol. The van der Waals surface area contributed by atoms with E-state index in [0.717, 1.165) is 10.2 Å². The molecule has 27 heavy (non-hydrogen) atoms. The Morgan fingerprint density at radius 3 is 2.52 bits per heavy atom. The summed E-state index contributed by atoms with van der Waals surface area (Å²) in [6.45, 7) is 4.47. The van der Waals surface area contributed by atoms with E-state index in [4.69, 9.17) is 16.3 Å². The average Bonchev–Trinajstić information content (AvgIpc) is 2.97. The number of thiazole rings is 1. The molecule has 0 aliphatic carbocycles. The van der Waals surface area contributed by atoms with Crippen molar-refractivity contribution < 1.29 is 17.9 Å². The fraction of sp³-hybridized carbons (Fsp3) is 0.222. The van der Waals surface area contributed by atoms with Crippen LogP contribution >= 0.6 is 22.9 Å². The van der Waals surface area contributed by atoms with Gasteiger partial charge in [-0.2, -0.15) is 8.42 Å². The lowest BCUT2D eigenvalue weighted by molar-refractivity contribution is 0.0526. The number of halogens is 1. The predicted octanol–water partition coefficient (Wildman–Crippen LogP) is 3.84. The van der Waals surface area contributed by atoms with Crippen molar-refractivity contribution in [2.24, 2.45) is 4.40 Å². The van der Waals surface area contributed by atoms with Crippen molar-refractivity contribution in [1.29, 1.82) is 0 Å². The number of rotatable bonds is 5. The zero-order valence-electron chi connectivity index (χ0n) is 14.7. The van der Waals surface area contributed by atoms with Gasteiger partial charge in [-0.1, -0.05) is 22.9 Å². The van der Waals surface area contributed by atoms with E-state index in [1.165, 1.54) is 35.6 Å². The van der Waals surface area contributed by atoms with Gasteiger partial charge in [-0.05, 0) is 56.3 Å². The van der Waals surface area contributed by atoms with Gasteiger partial charge >= 0.3 is 5.97 Å². The number of hydrogen-bond acceptors (Lipinski definition) is 5. The second kappa shape index (κ2) is 7.84. The predicted molar refractivity (Wildman–Crippen MR) is 106 cm³/mol. The molecule has 0 aliphatic heterocycles. The molecule has 142 valence electrons. The van der Waals surface area contributed by atoms with E-state index in [-0.39, 0.29) is 11.5 Å². The number of esters is 1. The molecular formula is C18H17ClN2O4S2. The first-order chi connectivity index (χ1) is 12.9. The molecule has 0 saturated carbocycles. The molecule has 0 amide bonds. The number of carbonyl (C=O) groups is 1. The first-order valence-electron chi connectivity index (χ1n) is 8.22. The third-order valence-electron chi connectivity index (χ3n) is 3.82. The van der Waals surface area contributed by atoms with Gasteiger partial charge in [-0.15, -0.1) is 4.40 Å². The molecular weight excluding hydrogens is 408 g/mol. The highest BCUT2D eigenvalue weighted by molar-refractivity contribution is 7.90. The summed E-state index contributed by atoms with van der Waals surface area (Å²) >= 11 is 7.03. The molecule has 3 aromatic rings. The SMILES string of the molecule is CCOC(=O)c1ccc2c(c1)sc(=NS(=O)(=O)c1ccc(Cl)cc1)n2CC. The maximum Gasteiger partial charge on any atom is 0.338 e. The lowest BCUT2D eigenvalue weighted by atomic mass is 10.2. The fourth-order valence-electron chi connectivity index (χ4n) is 2.55. The number of ether oxygens (including phenoxy) is 1. The summed E-state index contributed by atoms with van der Waals surface area (Å²) in [5.41, 5.74) is 1.22. The molecule has 0 saturated heterocycles. The van der Waals surface area contributed by atoms with Gasteiger partial charge in [0.1, 0.15) is 0 Å². The van der Waals surface area contributed by atoms with Gasteiger partial charge in [0, 0.05) is 11.6 Å². The maximum atomic E-state index is 12.6. The molecule has 2 aromatic carbocycles. The molecule has 0 bridgehead atoms. The third kappa shape index (κ3) is 4.07. The molecule has 0 unspecified atom stereocenters. The largest absolute Gasteiger partial charge is 0.462 e. The normalized spacial score (nSPS) is 12.5. The Hall–Kier alpha value is -2.16. The highest BCUT2D eigenvalue weighted by Gasteiger charge is 2.15. The van der Waals surface area contributed by atoms with Gasteiger partial charge < -0.3 is 9.30 Å². The van der Waals surface area contributed by atoms with Gasteiger partial charge in [0.25, 0.3) is 10.0 Å². The molecule has 0 atom stereocenters. The van der Waals surface area contributed by atoms with Crippen molar-refractivity contribution in [2.45, 2.75) is 25.3 Å². The molecule has 1 heterocycles. The van der Waals surface area contributed by atoms with Crippen LogP contribution in [0.1, 0.15) is 24.2 Å². The van der Waals surface area contributed by atoms with E-state index in [9.17, 15) is 13.2 Å². The van der Waals surface area contributed by atoms with Gasteiger partial charge in [-0.25, -0.2) is 4.79 Å². The van der Waals surface area contributed by atoms with Crippen LogP contribution in [0.2, 0.25) is 5.02 Å². The number of fused-ring (bicyclic) bond motifs is 1. The van der Waals surface area contributed by atoms with Gasteiger partial charge in [0.15, 0.2) is 0 Å². The van der Waals surface area contributed by atoms with E-state index in [2.05, 4.69) is 4.40 Å². The van der Waals surface area contributed by atoms with Crippen molar-refractivity contribution in [3.8, 4) is 0 Å². The standard InChI is InChI=1S/C18H17ClN2O4S2/c1-3-21-15-10-5-12(17(22)25-4-2)11-16(15)26-18(21)20-27(23,24)14-8-6-13(19)7-9-14/h5-11H,3-4H2,1-2H3. The Balaban J connectivity index is 2.14. The Morgan fingerprint density at radius 2 is 1.89 bits per heavy atom. The summed E-state index contributed by atoms with van der Waals surface area (Å²) < 4.78 is 36.8. The smallest absolute Gasteiger partial charge is 0.338 e. The lowest BCUT2D eigenvalue weighted by Gasteiger charge is -2.03. The number of hydrogen-bond donors (Lipinski definition) is 0. The molecule has 9 heteroatoms. The Bertz CT molecular complexity index is 1160. The molecule has 0 spiro atoms. The van der Waals surface area contributed by atoms with Crippen molar-refractivity contribution in [3.63, 3.8) is 0 Å². The van der Waals surface area contributed by atoms with Crippen LogP contribution < -0.4 is 4.80 Å². The van der Waals surface area contributed by atoms with E-state index >= 15 is 0 Å². The van der Waals surface area contributed by atoms with Crippen LogP contribution in [0, 0.1) is 0 Å². The number of carbonyl (C=O) groups excluding carboxylic acids is 1. The van der Waals surface area contributed by atoms with E-state index in [0.29, 0.717) is 21.9 Å². The minimum atomic E-state index is -3.88. The summed E-state index contributed by atoms with van der Waals surface area (Å²) in [6, 6.07) is 11.0. The number of aryl methyl sites for hydroxylation is 1. The summed E-state index contributed by atoms with van der Waals surface area (Å²) in [6.07, 6.45) is 0. The molecule has 6 nitrogen and oxygen atoms in total. The van der Waals surface area contributed by atoms with Gasteiger partial charge in [-0.3, -0.25) is 0 Å². The zero-order chi connectivity index (χ0) is 19.6. The number of nitrogens with zero attached hydrogens (tertiary/aromatic N) is 2. The number of sulfonamides is 1. The molecule has 0 N–H and O–H groups in total. The van der Waals surface area contributed by atoms with Crippen LogP contribution in [0.5, 0.6) is 0 Å². The monoisotopic (exact) mass is 424 g/mol. The second-order valence-corrected chi connectivity index (χ2v) is 8.60. The topological polar surface area (TPSA) is 77.7 Å². The lowest BCUT2D eigenvalue weighted by Crippen LogP contribution is -2.16. The highest BCUT2D eigenvalue weighted by Crippen LogP contribution is 2.21. The van der Waals surface area contributed by atoms with Crippen molar-refractivity contribution in [2.75, 3.05) is 6.61 Å². The van der Waals surface area contributed by atoms with Crippen LogP contribution in [0.3, 0.4) is 0 Å². The van der Waals surface area contributed by atoms with E-state index in [1.54, 1.807) is 29.7 Å². The molecule has 0 radical (unpaired) electrons. The van der Waals surface area contributed by atoms with Crippen LogP contribution in [-0.2, 0) is 21.3 Å². The fourth-order valence-corrected chi connectivity index (χ4v) is 5.01. The van der Waals surface area contributed by atoms with Crippen LogP contribution in [-0.4, -0.2) is 25.6 Å². The Morgan fingerprint density at radius 1 is 1.19 bits per heavy atom. The third-order valence-corrected chi connectivity index (χ3v) is 6.51. The van der Waals surface area contributed by atoms with Gasteiger partial charge in [0.05, 0.1) is 27.3 Å². The Kier molecular flexibility index (Phi) is 5.69. The second-order valence-electron chi connectivity index (χ2n) is 5.55. The molecule has 0 fully saturated rings. The first kappa shape index (κ1) is 19.6.